The number of rotatable bonds is 10. The van der Waals surface area contributed by atoms with Gasteiger partial charge >= 0.3 is 6.16 Å². The molecule has 34 heavy (non-hydrogen) atoms. The van der Waals surface area contributed by atoms with E-state index in [1.807, 2.05) is 13.8 Å². The smallest absolute Gasteiger partial charge is 0.450 e. The van der Waals surface area contributed by atoms with E-state index in [-0.39, 0.29) is 18.3 Å². The van der Waals surface area contributed by atoms with Gasteiger partial charge in [0.2, 0.25) is 16.0 Å². The van der Waals surface area contributed by atoms with Crippen molar-refractivity contribution in [2.45, 2.75) is 38.4 Å². The van der Waals surface area contributed by atoms with E-state index in [1.54, 1.807) is 0 Å². The number of hydrogen-bond donors (Lipinski definition) is 3. The van der Waals surface area contributed by atoms with E-state index in [0.29, 0.717) is 22.5 Å². The minimum absolute atomic E-state index is 0.0653. The number of aromatic nitrogens is 2. The quantitative estimate of drug-likeness (QED) is 0.421. The Hall–Kier alpha value is -3.09. The van der Waals surface area contributed by atoms with Crippen molar-refractivity contribution in [1.29, 1.82) is 0 Å². The Labute approximate surface area is 197 Å². The lowest BCUT2D eigenvalue weighted by molar-refractivity contribution is 0.0218. The minimum Gasteiger partial charge on any atom is -0.450 e. The van der Waals surface area contributed by atoms with Crippen molar-refractivity contribution in [3.05, 3.63) is 47.4 Å². The first-order valence-corrected chi connectivity index (χ1v) is 12.2. The zero-order valence-electron chi connectivity index (χ0n) is 19.2. The molecule has 0 aliphatic rings. The predicted octanol–water partition coefficient (Wildman–Crippen LogP) is 2.62. The van der Waals surface area contributed by atoms with Gasteiger partial charge in [-0.3, -0.25) is 0 Å². The molecule has 0 radical (unpaired) electrons. The molecule has 3 N–H and O–H groups in total. The number of carboxylic acid groups (broad SMARTS) is 1. The molecule has 186 valence electrons. The lowest BCUT2D eigenvalue weighted by atomic mass is 9.97. The Morgan fingerprint density at radius 2 is 1.82 bits per heavy atom. The molecule has 1 heterocycles. The lowest BCUT2D eigenvalue weighted by Crippen LogP contribution is -2.27. The molecule has 2 rings (SSSR count). The molecule has 0 aliphatic carbocycles. The standard InChI is InChI=1S/C22H28FN3O7S/c1-13(2)19-18(10-9-16(27)11-17(28)12-33-22(29)30)20(14-5-7-15(23)8-6-14)25-21(24-19)26(3)34(4,31)32/h5-10,13,16-17,27-28H,11-12H2,1-4H3,(H,29,30)/b10-9+/t16-,17-/m1/s1. The second kappa shape index (κ2) is 11.4. The Morgan fingerprint density at radius 3 is 2.35 bits per heavy atom. The first kappa shape index (κ1) is 27.2. The number of hydrogen-bond acceptors (Lipinski definition) is 8. The van der Waals surface area contributed by atoms with Crippen LogP contribution < -0.4 is 4.31 Å². The monoisotopic (exact) mass is 497 g/mol. The Kier molecular flexibility index (Phi) is 9.07. The summed E-state index contributed by atoms with van der Waals surface area (Å²) in [5.41, 5.74) is 1.78. The maximum absolute atomic E-state index is 13.5. The van der Waals surface area contributed by atoms with Crippen LogP contribution in [0.15, 0.2) is 30.3 Å². The molecule has 0 saturated heterocycles. The van der Waals surface area contributed by atoms with Gasteiger partial charge in [-0.05, 0) is 30.2 Å². The fourth-order valence-corrected chi connectivity index (χ4v) is 3.37. The van der Waals surface area contributed by atoms with Crippen molar-refractivity contribution in [3.63, 3.8) is 0 Å². The lowest BCUT2D eigenvalue weighted by Gasteiger charge is -2.20. The van der Waals surface area contributed by atoms with Gasteiger partial charge in [0.1, 0.15) is 12.4 Å². The van der Waals surface area contributed by atoms with Gasteiger partial charge in [-0.15, -0.1) is 0 Å². The van der Waals surface area contributed by atoms with Crippen molar-refractivity contribution in [3.8, 4) is 11.3 Å². The van der Waals surface area contributed by atoms with Gasteiger partial charge in [0, 0.05) is 24.6 Å². The molecule has 0 saturated carbocycles. The maximum Gasteiger partial charge on any atom is 0.505 e. The Morgan fingerprint density at radius 1 is 1.21 bits per heavy atom. The van der Waals surface area contributed by atoms with E-state index >= 15 is 0 Å². The molecule has 2 aromatic rings. The van der Waals surface area contributed by atoms with Crippen LogP contribution in [-0.4, -0.2) is 72.0 Å². The number of sulfonamides is 1. The molecule has 12 heteroatoms. The summed E-state index contributed by atoms with van der Waals surface area (Å²) < 4.78 is 42.9. The van der Waals surface area contributed by atoms with Crippen LogP contribution in [0.4, 0.5) is 15.1 Å². The first-order chi connectivity index (χ1) is 15.8. The summed E-state index contributed by atoms with van der Waals surface area (Å²) in [4.78, 5) is 19.3. The third-order valence-electron chi connectivity index (χ3n) is 4.80. The third kappa shape index (κ3) is 7.47. The predicted molar refractivity (Wildman–Crippen MR) is 124 cm³/mol. The molecule has 1 aromatic heterocycles. The van der Waals surface area contributed by atoms with Gasteiger partial charge in [-0.2, -0.15) is 0 Å². The average Bonchev–Trinajstić information content (AvgIpc) is 2.75. The second-order valence-corrected chi connectivity index (χ2v) is 9.97. The van der Waals surface area contributed by atoms with Crippen molar-refractivity contribution in [1.82, 2.24) is 9.97 Å². The molecular formula is C22H28FN3O7S. The highest BCUT2D eigenvalue weighted by Gasteiger charge is 2.22. The van der Waals surface area contributed by atoms with Crippen molar-refractivity contribution >= 4 is 28.2 Å². The van der Waals surface area contributed by atoms with Crippen LogP contribution in [0.25, 0.3) is 17.3 Å². The van der Waals surface area contributed by atoms with Gasteiger partial charge in [0.15, 0.2) is 0 Å². The number of nitrogens with zero attached hydrogens (tertiary/aromatic N) is 3. The van der Waals surface area contributed by atoms with Crippen LogP contribution in [0.5, 0.6) is 0 Å². The number of anilines is 1. The maximum atomic E-state index is 13.5. The highest BCUT2D eigenvalue weighted by atomic mass is 32.2. The van der Waals surface area contributed by atoms with Gasteiger partial charge in [0.25, 0.3) is 0 Å². The van der Waals surface area contributed by atoms with Gasteiger partial charge in [-0.1, -0.05) is 26.0 Å². The SMILES string of the molecule is CC(C)c1nc(N(C)S(C)(=O)=O)nc(-c2ccc(F)cc2)c1/C=C/[C@@H](O)C[C@@H](O)COC(=O)O. The zero-order valence-corrected chi connectivity index (χ0v) is 20.0. The van der Waals surface area contributed by atoms with Gasteiger partial charge in [-0.25, -0.2) is 31.9 Å². The van der Waals surface area contributed by atoms with E-state index in [2.05, 4.69) is 14.7 Å². The van der Waals surface area contributed by atoms with Crippen molar-refractivity contribution < 1.29 is 37.7 Å². The van der Waals surface area contributed by atoms with Crippen LogP contribution in [-0.2, 0) is 14.8 Å². The van der Waals surface area contributed by atoms with Gasteiger partial charge in [0.05, 0.1) is 29.9 Å². The van der Waals surface area contributed by atoms with Crippen molar-refractivity contribution in [2.24, 2.45) is 0 Å². The van der Waals surface area contributed by atoms with Crippen LogP contribution >= 0.6 is 0 Å². The summed E-state index contributed by atoms with van der Waals surface area (Å²) in [6.45, 7) is 3.21. The fourth-order valence-electron chi connectivity index (χ4n) is 3.00. The highest BCUT2D eigenvalue weighted by Crippen LogP contribution is 2.31. The van der Waals surface area contributed by atoms with E-state index in [0.717, 1.165) is 10.6 Å². The van der Waals surface area contributed by atoms with E-state index in [9.17, 15) is 27.8 Å². The second-order valence-electron chi connectivity index (χ2n) is 7.96. The number of ether oxygens (including phenoxy) is 1. The molecular weight excluding hydrogens is 469 g/mol. The van der Waals surface area contributed by atoms with Crippen molar-refractivity contribution in [2.75, 3.05) is 24.2 Å². The van der Waals surface area contributed by atoms with E-state index < -0.39 is 40.8 Å². The molecule has 10 nitrogen and oxygen atoms in total. The average molecular weight is 498 g/mol. The highest BCUT2D eigenvalue weighted by molar-refractivity contribution is 7.92. The largest absolute Gasteiger partial charge is 0.505 e. The molecule has 0 unspecified atom stereocenters. The number of aliphatic hydroxyl groups excluding tert-OH is 2. The van der Waals surface area contributed by atoms with Crippen LogP contribution in [0.1, 0.15) is 37.4 Å². The Bertz CT molecular complexity index is 1140. The molecule has 0 bridgehead atoms. The first-order valence-electron chi connectivity index (χ1n) is 10.3. The number of aliphatic hydroxyl groups is 2. The molecule has 0 spiro atoms. The van der Waals surface area contributed by atoms with E-state index in [1.165, 1.54) is 43.5 Å². The normalized spacial score (nSPS) is 13.8. The van der Waals surface area contributed by atoms with Gasteiger partial charge < -0.3 is 20.1 Å². The summed E-state index contributed by atoms with van der Waals surface area (Å²) in [7, 11) is -2.34. The number of carbonyl (C=O) groups is 1. The number of benzene rings is 1. The summed E-state index contributed by atoms with van der Waals surface area (Å²) in [5.74, 6) is -0.704. The fraction of sp³-hybridized carbons (Fsp3) is 0.409. The summed E-state index contributed by atoms with van der Waals surface area (Å²) in [6.07, 6.45) is -0.179. The molecule has 0 amide bonds. The summed E-state index contributed by atoms with van der Waals surface area (Å²) >= 11 is 0. The Balaban J connectivity index is 2.54. The minimum atomic E-state index is -3.66. The number of halogens is 1. The van der Waals surface area contributed by atoms with Crippen LogP contribution in [0.2, 0.25) is 0 Å². The van der Waals surface area contributed by atoms with Crippen LogP contribution in [0, 0.1) is 5.82 Å². The molecule has 1 aromatic carbocycles. The van der Waals surface area contributed by atoms with E-state index in [4.69, 9.17) is 5.11 Å². The molecule has 0 fully saturated rings. The summed E-state index contributed by atoms with van der Waals surface area (Å²) in [5, 5.41) is 28.6. The third-order valence-corrected chi connectivity index (χ3v) is 5.96. The van der Waals surface area contributed by atoms with Crippen LogP contribution in [0.3, 0.4) is 0 Å². The topological polar surface area (TPSA) is 150 Å². The molecule has 0 aliphatic heterocycles. The zero-order chi connectivity index (χ0) is 25.6. The molecule has 2 atom stereocenters. The summed E-state index contributed by atoms with van der Waals surface area (Å²) in [6, 6.07) is 5.47.